The first-order chi connectivity index (χ1) is 10.1. The Morgan fingerprint density at radius 1 is 1.33 bits per heavy atom. The van der Waals surface area contributed by atoms with Crippen LogP contribution in [0.5, 0.6) is 0 Å². The third-order valence-electron chi connectivity index (χ3n) is 4.20. The average Bonchev–Trinajstić information content (AvgIpc) is 2.48. The van der Waals surface area contributed by atoms with Crippen molar-refractivity contribution in [2.75, 3.05) is 13.1 Å². The predicted octanol–water partition coefficient (Wildman–Crippen LogP) is 2.99. The Balaban J connectivity index is 1.58. The van der Waals surface area contributed by atoms with Gasteiger partial charge in [0.05, 0.1) is 6.10 Å². The number of rotatable bonds is 7. The van der Waals surface area contributed by atoms with Crippen molar-refractivity contribution in [3.05, 3.63) is 35.6 Å². The minimum atomic E-state index is -0.673. The molecule has 1 aromatic carbocycles. The molecule has 0 amide bonds. The highest BCUT2D eigenvalue weighted by molar-refractivity contribution is 5.78. The summed E-state index contributed by atoms with van der Waals surface area (Å²) in [6.07, 6.45) is 5.07. The maximum Gasteiger partial charge on any atom is 0.132 e. The zero-order valence-corrected chi connectivity index (χ0v) is 12.4. The van der Waals surface area contributed by atoms with Gasteiger partial charge in [-0.3, -0.25) is 4.79 Å². The molecule has 116 valence electrons. The second-order valence-electron chi connectivity index (χ2n) is 5.90. The molecule has 2 N–H and O–H groups in total. The molecule has 0 spiro atoms. The summed E-state index contributed by atoms with van der Waals surface area (Å²) in [4.78, 5) is 11.2. The van der Waals surface area contributed by atoms with Gasteiger partial charge in [-0.25, -0.2) is 4.39 Å². The van der Waals surface area contributed by atoms with Crippen LogP contribution in [0.4, 0.5) is 4.39 Å². The van der Waals surface area contributed by atoms with E-state index in [0.29, 0.717) is 23.8 Å². The molecule has 1 saturated carbocycles. The number of nitrogens with one attached hydrogen (secondary N) is 1. The van der Waals surface area contributed by atoms with Crippen LogP contribution in [0.25, 0.3) is 0 Å². The monoisotopic (exact) mass is 293 g/mol. The van der Waals surface area contributed by atoms with E-state index in [9.17, 15) is 14.3 Å². The van der Waals surface area contributed by atoms with Gasteiger partial charge in [0.2, 0.25) is 0 Å². The van der Waals surface area contributed by atoms with E-state index in [-0.39, 0.29) is 5.82 Å². The van der Waals surface area contributed by atoms with Crippen LogP contribution in [0.3, 0.4) is 0 Å². The van der Waals surface area contributed by atoms with Crippen molar-refractivity contribution in [3.8, 4) is 0 Å². The summed E-state index contributed by atoms with van der Waals surface area (Å²) in [6.45, 7) is 1.28. The summed E-state index contributed by atoms with van der Waals surface area (Å²) in [5, 5.41) is 13.2. The summed E-state index contributed by atoms with van der Waals surface area (Å²) in [5.41, 5.74) is 0.605. The van der Waals surface area contributed by atoms with Gasteiger partial charge >= 0.3 is 0 Å². The van der Waals surface area contributed by atoms with E-state index in [2.05, 4.69) is 5.32 Å². The van der Waals surface area contributed by atoms with Crippen LogP contribution in [0.15, 0.2) is 24.3 Å². The highest BCUT2D eigenvalue weighted by atomic mass is 19.1. The number of aliphatic hydroxyl groups is 1. The quantitative estimate of drug-likeness (QED) is 0.760. The van der Waals surface area contributed by atoms with Gasteiger partial charge < -0.3 is 10.4 Å². The Hall–Kier alpha value is -1.26. The molecule has 1 fully saturated rings. The van der Waals surface area contributed by atoms with Crippen LogP contribution in [0.1, 0.15) is 50.2 Å². The number of Topliss-reactive ketones (excluding diaryl/α,β-unsaturated/α-hetero) is 1. The Labute approximate surface area is 125 Å². The van der Waals surface area contributed by atoms with E-state index in [1.807, 2.05) is 0 Å². The third-order valence-corrected chi connectivity index (χ3v) is 4.20. The van der Waals surface area contributed by atoms with E-state index >= 15 is 0 Å². The fourth-order valence-electron chi connectivity index (χ4n) is 2.87. The van der Waals surface area contributed by atoms with Crippen molar-refractivity contribution in [1.29, 1.82) is 0 Å². The minimum Gasteiger partial charge on any atom is -0.387 e. The predicted molar refractivity (Wildman–Crippen MR) is 80.4 cm³/mol. The van der Waals surface area contributed by atoms with Gasteiger partial charge in [-0.05, 0) is 55.8 Å². The van der Waals surface area contributed by atoms with Crippen LogP contribution >= 0.6 is 0 Å². The maximum absolute atomic E-state index is 13.0. The van der Waals surface area contributed by atoms with Crippen molar-refractivity contribution in [3.63, 3.8) is 0 Å². The summed E-state index contributed by atoms with van der Waals surface area (Å²) in [6, 6.07) is 6.08. The molecule has 0 aromatic heterocycles. The number of hydrogen-bond acceptors (Lipinski definition) is 3. The van der Waals surface area contributed by atoms with Crippen LogP contribution in [0.2, 0.25) is 0 Å². The standard InChI is InChI=1S/C17H24FNO2/c18-15-5-1-4-14(11-15)17(21)12-19-10-2-3-13-6-8-16(20)9-7-13/h1,4-5,11,13,17,19,21H,2-3,6-10,12H2/t17-/m0/s1. The van der Waals surface area contributed by atoms with E-state index in [1.54, 1.807) is 12.1 Å². The molecule has 1 aliphatic rings. The Bertz CT molecular complexity index is 454. The normalized spacial score (nSPS) is 17.9. The van der Waals surface area contributed by atoms with Crippen molar-refractivity contribution >= 4 is 5.78 Å². The Kier molecular flexibility index (Phi) is 6.33. The third kappa shape index (κ3) is 5.56. The fourth-order valence-corrected chi connectivity index (χ4v) is 2.87. The van der Waals surface area contributed by atoms with Gasteiger partial charge in [0, 0.05) is 19.4 Å². The van der Waals surface area contributed by atoms with Crippen molar-refractivity contribution < 1.29 is 14.3 Å². The lowest BCUT2D eigenvalue weighted by Gasteiger charge is -2.20. The van der Waals surface area contributed by atoms with Gasteiger partial charge in [0.1, 0.15) is 11.6 Å². The lowest BCUT2D eigenvalue weighted by atomic mass is 9.85. The molecule has 0 unspecified atom stereocenters. The molecule has 0 saturated heterocycles. The van der Waals surface area contributed by atoms with Crippen molar-refractivity contribution in [2.24, 2.45) is 5.92 Å². The van der Waals surface area contributed by atoms with Crippen LogP contribution in [0, 0.1) is 11.7 Å². The van der Waals surface area contributed by atoms with Gasteiger partial charge in [0.15, 0.2) is 0 Å². The molecule has 21 heavy (non-hydrogen) atoms. The molecule has 1 aliphatic carbocycles. The molecule has 2 rings (SSSR count). The minimum absolute atomic E-state index is 0.321. The molecule has 1 aromatic rings. The highest BCUT2D eigenvalue weighted by Crippen LogP contribution is 2.25. The van der Waals surface area contributed by atoms with E-state index in [0.717, 1.165) is 45.1 Å². The molecule has 0 bridgehead atoms. The summed E-state index contributed by atoms with van der Waals surface area (Å²) < 4.78 is 13.0. The topological polar surface area (TPSA) is 49.3 Å². The van der Waals surface area contributed by atoms with Gasteiger partial charge in [-0.15, -0.1) is 0 Å². The summed E-state index contributed by atoms with van der Waals surface area (Å²) >= 11 is 0. The van der Waals surface area contributed by atoms with E-state index in [4.69, 9.17) is 0 Å². The fraction of sp³-hybridized carbons (Fsp3) is 0.588. The zero-order chi connectivity index (χ0) is 15.1. The molecular formula is C17H24FNO2. The van der Waals surface area contributed by atoms with Gasteiger partial charge in [0.25, 0.3) is 0 Å². The SMILES string of the molecule is O=C1CCC(CCCNC[C@H](O)c2cccc(F)c2)CC1. The molecule has 4 heteroatoms. The highest BCUT2D eigenvalue weighted by Gasteiger charge is 2.17. The Morgan fingerprint density at radius 3 is 2.81 bits per heavy atom. The summed E-state index contributed by atoms with van der Waals surface area (Å²) in [7, 11) is 0. The lowest BCUT2D eigenvalue weighted by molar-refractivity contribution is -0.121. The molecule has 1 atom stereocenters. The number of halogens is 1. The molecule has 0 heterocycles. The number of carbonyl (C=O) groups excluding carboxylic acids is 1. The van der Waals surface area contributed by atoms with E-state index < -0.39 is 6.10 Å². The second-order valence-corrected chi connectivity index (χ2v) is 5.90. The summed E-state index contributed by atoms with van der Waals surface area (Å²) in [5.74, 6) is 0.763. The second kappa shape index (κ2) is 8.25. The molecule has 0 aliphatic heterocycles. The number of benzene rings is 1. The smallest absolute Gasteiger partial charge is 0.132 e. The van der Waals surface area contributed by atoms with Gasteiger partial charge in [-0.1, -0.05) is 12.1 Å². The van der Waals surface area contributed by atoms with Crippen LogP contribution in [-0.2, 0) is 4.79 Å². The van der Waals surface area contributed by atoms with Crippen molar-refractivity contribution in [2.45, 2.75) is 44.6 Å². The first-order valence-electron chi connectivity index (χ1n) is 7.81. The number of carbonyl (C=O) groups is 1. The first kappa shape index (κ1) is 16.1. The van der Waals surface area contributed by atoms with Crippen molar-refractivity contribution in [1.82, 2.24) is 5.32 Å². The first-order valence-corrected chi connectivity index (χ1v) is 7.81. The number of ketones is 1. The maximum atomic E-state index is 13.0. The van der Waals surface area contributed by atoms with Gasteiger partial charge in [-0.2, -0.15) is 0 Å². The average molecular weight is 293 g/mol. The number of aliphatic hydroxyl groups excluding tert-OH is 1. The number of hydrogen-bond donors (Lipinski definition) is 2. The molecule has 3 nitrogen and oxygen atoms in total. The molecule has 0 radical (unpaired) electrons. The van der Waals surface area contributed by atoms with Crippen LogP contribution in [-0.4, -0.2) is 24.0 Å². The Morgan fingerprint density at radius 2 is 2.10 bits per heavy atom. The van der Waals surface area contributed by atoms with Crippen LogP contribution < -0.4 is 5.32 Å². The zero-order valence-electron chi connectivity index (χ0n) is 12.4. The largest absolute Gasteiger partial charge is 0.387 e. The lowest BCUT2D eigenvalue weighted by Crippen LogP contribution is -2.23. The van der Waals surface area contributed by atoms with E-state index in [1.165, 1.54) is 12.1 Å². The molecular weight excluding hydrogens is 269 g/mol.